The largest absolute Gasteiger partial charge is 0.478 e. The van der Waals surface area contributed by atoms with Crippen molar-refractivity contribution in [3.63, 3.8) is 0 Å². The summed E-state index contributed by atoms with van der Waals surface area (Å²) in [5.41, 5.74) is 6.45. The Kier molecular flexibility index (Phi) is 4.53. The molecule has 2 aromatic carbocycles. The number of fused-ring (bicyclic) bond motifs is 2. The molecule has 0 bridgehead atoms. The summed E-state index contributed by atoms with van der Waals surface area (Å²) in [7, 11) is 0. The highest BCUT2D eigenvalue weighted by molar-refractivity contribution is 6.05. The van der Waals surface area contributed by atoms with Crippen LogP contribution in [0.3, 0.4) is 0 Å². The molecule has 0 saturated carbocycles. The second-order valence-electron chi connectivity index (χ2n) is 7.41. The van der Waals surface area contributed by atoms with Gasteiger partial charge in [-0.1, -0.05) is 56.3 Å². The van der Waals surface area contributed by atoms with Gasteiger partial charge >= 0.3 is 5.97 Å². The topological polar surface area (TPSA) is 50.2 Å². The molecule has 0 aliphatic heterocycles. The first-order valence-electron chi connectivity index (χ1n) is 9.51. The lowest BCUT2D eigenvalue weighted by Crippen LogP contribution is -2.17. The van der Waals surface area contributed by atoms with Crippen LogP contribution >= 0.6 is 0 Å². The highest BCUT2D eigenvalue weighted by Crippen LogP contribution is 2.38. The van der Waals surface area contributed by atoms with Crippen molar-refractivity contribution in [1.29, 1.82) is 0 Å². The molecule has 1 aromatic heterocycles. The van der Waals surface area contributed by atoms with Crippen LogP contribution in [0, 0.1) is 5.92 Å². The molecule has 4 rings (SSSR count). The summed E-state index contributed by atoms with van der Waals surface area (Å²) in [6, 6.07) is 16.1. The van der Waals surface area contributed by atoms with Gasteiger partial charge in [-0.2, -0.15) is 0 Å². The van der Waals surface area contributed by atoms with Gasteiger partial charge in [-0.05, 0) is 59.6 Å². The third-order valence-electron chi connectivity index (χ3n) is 5.36. The molecule has 27 heavy (non-hydrogen) atoms. The van der Waals surface area contributed by atoms with Crippen molar-refractivity contribution in [3.8, 4) is 0 Å². The average molecular weight is 357 g/mol. The van der Waals surface area contributed by atoms with Crippen LogP contribution in [0.15, 0.2) is 48.5 Å². The van der Waals surface area contributed by atoms with E-state index in [4.69, 9.17) is 4.98 Å². The van der Waals surface area contributed by atoms with Gasteiger partial charge in [0.15, 0.2) is 0 Å². The lowest BCUT2D eigenvalue weighted by atomic mass is 9.80. The smallest absolute Gasteiger partial charge is 0.336 e. The van der Waals surface area contributed by atoms with Gasteiger partial charge in [0, 0.05) is 5.39 Å². The predicted molar refractivity (Wildman–Crippen MR) is 110 cm³/mol. The summed E-state index contributed by atoms with van der Waals surface area (Å²) < 4.78 is 0. The van der Waals surface area contributed by atoms with Gasteiger partial charge in [0.1, 0.15) is 0 Å². The van der Waals surface area contributed by atoms with Crippen LogP contribution in [0.2, 0.25) is 0 Å². The Hall–Kier alpha value is -2.94. The van der Waals surface area contributed by atoms with Crippen LogP contribution in [0.1, 0.15) is 53.0 Å². The summed E-state index contributed by atoms with van der Waals surface area (Å²) in [6.07, 6.45) is 4.85. The Morgan fingerprint density at radius 2 is 1.89 bits per heavy atom. The van der Waals surface area contributed by atoms with Crippen molar-refractivity contribution in [2.45, 2.75) is 33.1 Å². The Labute approximate surface area is 159 Å². The van der Waals surface area contributed by atoms with Crippen molar-refractivity contribution in [1.82, 2.24) is 4.98 Å². The van der Waals surface area contributed by atoms with Gasteiger partial charge < -0.3 is 5.11 Å². The summed E-state index contributed by atoms with van der Waals surface area (Å²) in [5, 5.41) is 10.6. The van der Waals surface area contributed by atoms with E-state index in [0.717, 1.165) is 52.6 Å². The van der Waals surface area contributed by atoms with Crippen molar-refractivity contribution >= 4 is 28.5 Å². The second-order valence-corrected chi connectivity index (χ2v) is 7.41. The number of aromatic carboxylic acids is 1. The number of hydrogen-bond donors (Lipinski definition) is 1. The summed E-state index contributed by atoms with van der Waals surface area (Å²) in [4.78, 5) is 17.0. The first kappa shape index (κ1) is 17.5. The van der Waals surface area contributed by atoms with E-state index in [-0.39, 0.29) is 0 Å². The van der Waals surface area contributed by atoms with Crippen molar-refractivity contribution in [2.24, 2.45) is 5.92 Å². The lowest BCUT2D eigenvalue weighted by Gasteiger charge is -2.26. The molecular weight excluding hydrogens is 334 g/mol. The number of aryl methyl sites for hydroxylation is 1. The van der Waals surface area contributed by atoms with Crippen LogP contribution in [0.5, 0.6) is 0 Å². The maximum atomic E-state index is 12.1. The molecule has 1 aliphatic carbocycles. The van der Waals surface area contributed by atoms with E-state index in [2.05, 4.69) is 44.2 Å². The van der Waals surface area contributed by atoms with E-state index in [1.807, 2.05) is 24.3 Å². The van der Waals surface area contributed by atoms with Crippen LogP contribution in [-0.2, 0) is 12.8 Å². The third kappa shape index (κ3) is 3.25. The summed E-state index contributed by atoms with van der Waals surface area (Å²) >= 11 is 0. The molecule has 0 unspecified atom stereocenters. The first-order valence-corrected chi connectivity index (χ1v) is 9.51. The number of hydrogen-bond acceptors (Lipinski definition) is 2. The van der Waals surface area contributed by atoms with Crippen LogP contribution < -0.4 is 0 Å². The minimum atomic E-state index is -0.870. The summed E-state index contributed by atoms with van der Waals surface area (Å²) in [6.45, 7) is 4.33. The average Bonchev–Trinajstić information content (AvgIpc) is 2.66. The molecule has 3 aromatic rings. The number of carboxylic acids is 1. The minimum Gasteiger partial charge on any atom is -0.478 e. The Morgan fingerprint density at radius 3 is 2.59 bits per heavy atom. The normalized spacial score (nSPS) is 17.9. The molecule has 0 fully saturated rings. The molecule has 136 valence electrons. The first-order chi connectivity index (χ1) is 13.1. The molecule has 0 radical (unpaired) electrons. The van der Waals surface area contributed by atoms with Crippen molar-refractivity contribution in [2.75, 3.05) is 0 Å². The Morgan fingerprint density at radius 1 is 1.15 bits per heavy atom. The Bertz CT molecular complexity index is 1050. The number of nitrogens with zero attached hydrogens (tertiary/aromatic N) is 1. The zero-order valence-corrected chi connectivity index (χ0v) is 15.7. The van der Waals surface area contributed by atoms with Crippen LogP contribution in [0.25, 0.3) is 22.6 Å². The van der Waals surface area contributed by atoms with Gasteiger partial charge in [0.25, 0.3) is 0 Å². The summed E-state index contributed by atoms with van der Waals surface area (Å²) in [5.74, 6) is -0.481. The van der Waals surface area contributed by atoms with Gasteiger partial charge in [0.2, 0.25) is 0 Å². The zero-order valence-electron chi connectivity index (χ0n) is 15.7. The zero-order chi connectivity index (χ0) is 19.0. The highest BCUT2D eigenvalue weighted by atomic mass is 16.4. The Balaban J connectivity index is 1.93. The van der Waals surface area contributed by atoms with Gasteiger partial charge in [-0.25, -0.2) is 9.78 Å². The number of carbonyl (C=O) groups is 1. The predicted octanol–water partition coefficient (Wildman–Crippen LogP) is 5.62. The number of allylic oxidation sites excluding steroid dienone is 1. The van der Waals surface area contributed by atoms with E-state index in [9.17, 15) is 9.90 Å². The molecule has 0 saturated heterocycles. The van der Waals surface area contributed by atoms with E-state index in [1.165, 1.54) is 5.56 Å². The maximum Gasteiger partial charge on any atom is 0.336 e. The fraction of sp³-hybridized carbons (Fsp3) is 0.250. The fourth-order valence-corrected chi connectivity index (χ4v) is 4.03. The molecule has 1 aliphatic rings. The van der Waals surface area contributed by atoms with Crippen LogP contribution in [0.4, 0.5) is 0 Å². The minimum absolute atomic E-state index is 0.389. The molecule has 0 spiro atoms. The number of carboxylic acid groups (broad SMARTS) is 1. The third-order valence-corrected chi connectivity index (χ3v) is 5.36. The molecule has 1 atom stereocenters. The second kappa shape index (κ2) is 6.99. The van der Waals surface area contributed by atoms with E-state index < -0.39 is 5.97 Å². The molecular formula is C24H23NO2. The number of para-hydroxylation sites is 1. The van der Waals surface area contributed by atoms with Gasteiger partial charge in [-0.15, -0.1) is 0 Å². The van der Waals surface area contributed by atoms with E-state index >= 15 is 0 Å². The molecule has 0 amide bonds. The van der Waals surface area contributed by atoms with Crippen LogP contribution in [-0.4, -0.2) is 16.1 Å². The highest BCUT2D eigenvalue weighted by Gasteiger charge is 2.27. The molecule has 1 heterocycles. The standard InChI is InChI=1S/C24H23NO2/c1-3-16-8-10-17(11-9-16)14-18-12-15(2)13-20-22(24(26)27)19-6-4-5-7-21(19)25-23(18)20/h4-11,14-15H,3,12-13H2,1-2H3,(H,26,27)/b18-14+/t15-/m1/s1. The molecule has 3 heteroatoms. The van der Waals surface area contributed by atoms with E-state index in [0.29, 0.717) is 11.5 Å². The van der Waals surface area contributed by atoms with Crippen molar-refractivity contribution in [3.05, 3.63) is 76.5 Å². The van der Waals surface area contributed by atoms with E-state index in [1.54, 1.807) is 0 Å². The number of benzene rings is 2. The van der Waals surface area contributed by atoms with Gasteiger partial charge in [0.05, 0.1) is 16.8 Å². The fourth-order valence-electron chi connectivity index (χ4n) is 4.03. The number of aromatic nitrogens is 1. The quantitative estimate of drug-likeness (QED) is 0.662. The monoisotopic (exact) mass is 357 g/mol. The van der Waals surface area contributed by atoms with Gasteiger partial charge in [-0.3, -0.25) is 0 Å². The molecule has 1 N–H and O–H groups in total. The molecule has 3 nitrogen and oxygen atoms in total. The SMILES string of the molecule is CCc1ccc(/C=C2\C[C@@H](C)Cc3c2nc2ccccc2c3C(=O)O)cc1. The maximum absolute atomic E-state index is 12.1. The lowest BCUT2D eigenvalue weighted by molar-refractivity contribution is 0.0697. The number of pyridine rings is 1. The number of rotatable bonds is 3. The van der Waals surface area contributed by atoms with Crippen molar-refractivity contribution < 1.29 is 9.90 Å².